The lowest BCUT2D eigenvalue weighted by molar-refractivity contribution is -0.127. The highest BCUT2D eigenvalue weighted by Gasteiger charge is 2.19. The maximum absolute atomic E-state index is 12.8. The van der Waals surface area contributed by atoms with Gasteiger partial charge in [-0.15, -0.1) is 0 Å². The van der Waals surface area contributed by atoms with Gasteiger partial charge in [0.25, 0.3) is 0 Å². The second kappa shape index (κ2) is 7.53. The van der Waals surface area contributed by atoms with Crippen molar-refractivity contribution in [1.29, 1.82) is 0 Å². The molecule has 0 radical (unpaired) electrons. The number of benzene rings is 1. The van der Waals surface area contributed by atoms with Gasteiger partial charge in [-0.2, -0.15) is 11.3 Å². The van der Waals surface area contributed by atoms with E-state index in [0.29, 0.717) is 0 Å². The van der Waals surface area contributed by atoms with E-state index in [-0.39, 0.29) is 11.7 Å². The number of hydrogen-bond acceptors (Lipinski definition) is 3. The van der Waals surface area contributed by atoms with Crippen LogP contribution in [-0.4, -0.2) is 41.9 Å². The molecular weight excluding hydrogens is 311 g/mol. The summed E-state index contributed by atoms with van der Waals surface area (Å²) in [7, 11) is 0. The Bertz CT molecular complexity index is 659. The van der Waals surface area contributed by atoms with Gasteiger partial charge in [-0.25, -0.2) is 4.39 Å². The smallest absolute Gasteiger partial charge is 0.246 e. The van der Waals surface area contributed by atoms with E-state index >= 15 is 0 Å². The van der Waals surface area contributed by atoms with Crippen molar-refractivity contribution in [2.45, 2.75) is 6.54 Å². The zero-order valence-corrected chi connectivity index (χ0v) is 13.6. The molecule has 2 heterocycles. The number of rotatable bonds is 4. The van der Waals surface area contributed by atoms with E-state index in [4.69, 9.17) is 0 Å². The van der Waals surface area contributed by atoms with E-state index in [1.807, 2.05) is 4.90 Å². The van der Waals surface area contributed by atoms with E-state index in [9.17, 15) is 9.18 Å². The van der Waals surface area contributed by atoms with E-state index in [1.54, 1.807) is 35.6 Å². The maximum Gasteiger partial charge on any atom is 0.246 e. The molecule has 0 spiro atoms. The fraction of sp³-hybridized carbons (Fsp3) is 0.278. The zero-order chi connectivity index (χ0) is 16.1. The first-order chi connectivity index (χ1) is 11.2. The third kappa shape index (κ3) is 4.50. The molecule has 1 aliphatic rings. The van der Waals surface area contributed by atoms with E-state index in [1.165, 1.54) is 17.7 Å². The Morgan fingerprint density at radius 3 is 2.52 bits per heavy atom. The highest BCUT2D eigenvalue weighted by molar-refractivity contribution is 7.07. The van der Waals surface area contributed by atoms with Crippen LogP contribution >= 0.6 is 11.3 Å². The molecule has 3 rings (SSSR count). The van der Waals surface area contributed by atoms with Gasteiger partial charge in [0.05, 0.1) is 0 Å². The van der Waals surface area contributed by atoms with Crippen molar-refractivity contribution in [2.75, 3.05) is 26.2 Å². The minimum absolute atomic E-state index is 0.0181. The number of amides is 1. The molecule has 0 saturated carbocycles. The van der Waals surface area contributed by atoms with Gasteiger partial charge >= 0.3 is 0 Å². The van der Waals surface area contributed by atoms with Crippen LogP contribution in [0.5, 0.6) is 0 Å². The largest absolute Gasteiger partial charge is 0.337 e. The van der Waals surface area contributed by atoms with Gasteiger partial charge in [-0.1, -0.05) is 12.1 Å². The molecule has 0 unspecified atom stereocenters. The number of piperazine rings is 1. The average molecular weight is 330 g/mol. The van der Waals surface area contributed by atoms with Crippen LogP contribution in [0.1, 0.15) is 11.1 Å². The molecule has 0 bridgehead atoms. The molecule has 23 heavy (non-hydrogen) atoms. The quantitative estimate of drug-likeness (QED) is 0.804. The van der Waals surface area contributed by atoms with Crippen LogP contribution in [0.15, 0.2) is 47.2 Å². The Hall–Kier alpha value is -1.98. The van der Waals surface area contributed by atoms with Gasteiger partial charge in [-0.3, -0.25) is 9.69 Å². The summed E-state index contributed by atoms with van der Waals surface area (Å²) in [4.78, 5) is 16.4. The minimum atomic E-state index is -0.268. The molecule has 1 fully saturated rings. The van der Waals surface area contributed by atoms with Crippen LogP contribution in [0.25, 0.3) is 6.08 Å². The topological polar surface area (TPSA) is 23.6 Å². The lowest BCUT2D eigenvalue weighted by Crippen LogP contribution is -2.47. The van der Waals surface area contributed by atoms with Crippen LogP contribution in [0, 0.1) is 5.82 Å². The number of nitrogens with zero attached hydrogens (tertiary/aromatic N) is 2. The molecule has 5 heteroatoms. The molecule has 1 aliphatic heterocycles. The highest BCUT2D eigenvalue weighted by atomic mass is 32.1. The van der Waals surface area contributed by atoms with Crippen molar-refractivity contribution >= 4 is 23.3 Å². The van der Waals surface area contributed by atoms with Crippen molar-refractivity contribution in [3.63, 3.8) is 0 Å². The SMILES string of the molecule is O=C(/C=C/c1ccc(F)cc1)N1CCN(Cc2ccsc2)CC1. The number of halogens is 1. The van der Waals surface area contributed by atoms with Gasteiger partial charge in [0.2, 0.25) is 5.91 Å². The Morgan fingerprint density at radius 1 is 1.13 bits per heavy atom. The molecule has 1 saturated heterocycles. The Labute approximate surface area is 139 Å². The molecule has 1 aromatic heterocycles. The molecule has 120 valence electrons. The summed E-state index contributed by atoms with van der Waals surface area (Å²) in [6.45, 7) is 4.24. The first-order valence-corrected chi connectivity index (χ1v) is 8.61. The second-order valence-corrected chi connectivity index (χ2v) is 6.40. The normalized spacial score (nSPS) is 16.1. The van der Waals surface area contributed by atoms with Crippen LogP contribution in [0.3, 0.4) is 0 Å². The molecule has 1 aromatic carbocycles. The number of carbonyl (C=O) groups is 1. The van der Waals surface area contributed by atoms with Gasteiger partial charge in [0, 0.05) is 38.8 Å². The lowest BCUT2D eigenvalue weighted by Gasteiger charge is -2.34. The molecule has 2 aromatic rings. The van der Waals surface area contributed by atoms with Gasteiger partial charge in [0.15, 0.2) is 0 Å². The van der Waals surface area contributed by atoms with Crippen molar-refractivity contribution in [3.8, 4) is 0 Å². The molecule has 0 N–H and O–H groups in total. The summed E-state index contributed by atoms with van der Waals surface area (Å²) < 4.78 is 12.8. The number of thiophene rings is 1. The maximum atomic E-state index is 12.8. The van der Waals surface area contributed by atoms with Crippen LogP contribution in [-0.2, 0) is 11.3 Å². The molecule has 0 atom stereocenters. The molecule has 3 nitrogen and oxygen atoms in total. The highest BCUT2D eigenvalue weighted by Crippen LogP contribution is 2.12. The fourth-order valence-electron chi connectivity index (χ4n) is 2.61. The van der Waals surface area contributed by atoms with Gasteiger partial charge in [0.1, 0.15) is 5.82 Å². The van der Waals surface area contributed by atoms with Crippen LogP contribution in [0.4, 0.5) is 4.39 Å². The Balaban J connectivity index is 1.49. The Kier molecular flexibility index (Phi) is 5.20. The lowest BCUT2D eigenvalue weighted by atomic mass is 10.2. The number of hydrogen-bond donors (Lipinski definition) is 0. The molecule has 0 aliphatic carbocycles. The van der Waals surface area contributed by atoms with Crippen molar-refractivity contribution in [1.82, 2.24) is 9.80 Å². The summed E-state index contributed by atoms with van der Waals surface area (Å²) in [6, 6.07) is 8.27. The zero-order valence-electron chi connectivity index (χ0n) is 12.8. The van der Waals surface area contributed by atoms with E-state index in [0.717, 1.165) is 38.3 Å². The third-order valence-electron chi connectivity index (χ3n) is 3.96. The van der Waals surface area contributed by atoms with Crippen LogP contribution in [0.2, 0.25) is 0 Å². The minimum Gasteiger partial charge on any atom is -0.337 e. The summed E-state index contributed by atoms with van der Waals surface area (Å²) in [5.41, 5.74) is 2.17. The second-order valence-electron chi connectivity index (χ2n) is 5.62. The number of carbonyl (C=O) groups excluding carboxylic acids is 1. The van der Waals surface area contributed by atoms with Crippen molar-refractivity contribution < 1.29 is 9.18 Å². The fourth-order valence-corrected chi connectivity index (χ4v) is 3.27. The van der Waals surface area contributed by atoms with Gasteiger partial charge in [-0.05, 0) is 46.2 Å². The average Bonchev–Trinajstić information content (AvgIpc) is 3.08. The summed E-state index contributed by atoms with van der Waals surface area (Å²) in [5, 5.41) is 4.26. The van der Waals surface area contributed by atoms with Crippen LogP contribution < -0.4 is 0 Å². The first-order valence-electron chi connectivity index (χ1n) is 7.67. The predicted molar refractivity (Wildman–Crippen MR) is 91.6 cm³/mol. The third-order valence-corrected chi connectivity index (χ3v) is 4.69. The van der Waals surface area contributed by atoms with E-state index in [2.05, 4.69) is 21.7 Å². The monoisotopic (exact) mass is 330 g/mol. The predicted octanol–water partition coefficient (Wildman–Crippen LogP) is 3.24. The molecule has 1 amide bonds. The molecular formula is C18H19FN2OS. The van der Waals surface area contributed by atoms with Crippen molar-refractivity contribution in [2.24, 2.45) is 0 Å². The standard InChI is InChI=1S/C18H19FN2OS/c19-17-4-1-15(2-5-17)3-6-18(22)21-10-8-20(9-11-21)13-16-7-12-23-14-16/h1-7,12,14H,8-11,13H2/b6-3+. The first kappa shape index (κ1) is 15.9. The summed E-state index contributed by atoms with van der Waals surface area (Å²) >= 11 is 1.72. The summed E-state index contributed by atoms with van der Waals surface area (Å²) in [5.74, 6) is -0.250. The Morgan fingerprint density at radius 2 is 1.87 bits per heavy atom. The van der Waals surface area contributed by atoms with Crippen molar-refractivity contribution in [3.05, 3.63) is 64.1 Å². The van der Waals surface area contributed by atoms with Gasteiger partial charge < -0.3 is 4.90 Å². The summed E-state index contributed by atoms with van der Waals surface area (Å²) in [6.07, 6.45) is 3.31. The van der Waals surface area contributed by atoms with E-state index < -0.39 is 0 Å².